The van der Waals surface area contributed by atoms with E-state index in [9.17, 15) is 19.5 Å². The highest BCUT2D eigenvalue weighted by Gasteiger charge is 2.58. The zero-order chi connectivity index (χ0) is 34.3. The van der Waals surface area contributed by atoms with E-state index in [4.69, 9.17) is 18.9 Å². The molecule has 4 fully saturated rings. The van der Waals surface area contributed by atoms with Gasteiger partial charge < -0.3 is 34.3 Å². The Bertz CT molecular complexity index is 1170. The number of rotatable bonds is 13. The topological polar surface area (TPSA) is 127 Å². The molecular formula is C37H58N2O8. The van der Waals surface area contributed by atoms with Gasteiger partial charge in [0.2, 0.25) is 5.91 Å². The Balaban J connectivity index is 1.24. The van der Waals surface area contributed by atoms with Gasteiger partial charge in [0.05, 0.1) is 31.0 Å². The monoisotopic (exact) mass is 658 g/mol. The van der Waals surface area contributed by atoms with E-state index in [0.717, 1.165) is 44.1 Å². The fourth-order valence-corrected chi connectivity index (χ4v) is 7.41. The fraction of sp³-hybridized carbons (Fsp3) is 0.757. The molecule has 9 atom stereocenters. The van der Waals surface area contributed by atoms with E-state index in [1.807, 2.05) is 26.0 Å². The number of epoxide rings is 1. The maximum absolute atomic E-state index is 13.1. The number of carbonyl (C=O) groups is 3. The van der Waals surface area contributed by atoms with E-state index in [-0.39, 0.29) is 42.0 Å². The quantitative estimate of drug-likeness (QED) is 0.128. The maximum atomic E-state index is 13.1. The zero-order valence-corrected chi connectivity index (χ0v) is 29.5. The summed E-state index contributed by atoms with van der Waals surface area (Å²) in [4.78, 5) is 38.9. The van der Waals surface area contributed by atoms with Gasteiger partial charge in [-0.1, -0.05) is 30.7 Å². The predicted molar refractivity (Wildman–Crippen MR) is 180 cm³/mol. The van der Waals surface area contributed by atoms with Crippen LogP contribution in [0.4, 0.5) is 0 Å². The van der Waals surface area contributed by atoms with Crippen LogP contribution in [0.1, 0.15) is 92.4 Å². The second-order valence-corrected chi connectivity index (χ2v) is 14.7. The van der Waals surface area contributed by atoms with Crippen LogP contribution in [0.15, 0.2) is 36.0 Å². The normalized spacial score (nSPS) is 37.0. The van der Waals surface area contributed by atoms with Crippen LogP contribution < -0.4 is 5.32 Å². The van der Waals surface area contributed by atoms with Crippen molar-refractivity contribution in [2.75, 3.05) is 20.7 Å². The molecule has 0 radical (unpaired) electrons. The number of allylic oxidation sites excluding steroid dienone is 2. The van der Waals surface area contributed by atoms with E-state index in [1.54, 1.807) is 13.0 Å². The molecule has 1 aliphatic carbocycles. The van der Waals surface area contributed by atoms with Gasteiger partial charge in [0, 0.05) is 38.3 Å². The highest BCUT2D eigenvalue weighted by atomic mass is 16.6. The first-order valence-electron chi connectivity index (χ1n) is 17.6. The van der Waals surface area contributed by atoms with E-state index in [0.29, 0.717) is 37.8 Å². The SMILES string of the molecule is CC(=O)O[C@@H](C)/C=C\C(=O)N[C@@H]1C[C@H](C)[C@H](C/C=C(C)/C=C/[C@H]2O[C@H](CC(=O)CC3CCC(N(C)C)CC3)C[C@@]3(CO3)[C@@H]2O)O[C@@H]1C. The van der Waals surface area contributed by atoms with Crippen molar-refractivity contribution in [1.29, 1.82) is 0 Å². The summed E-state index contributed by atoms with van der Waals surface area (Å²) in [7, 11) is 4.27. The van der Waals surface area contributed by atoms with Gasteiger partial charge in [-0.3, -0.25) is 14.4 Å². The third kappa shape index (κ3) is 11.1. The highest BCUT2D eigenvalue weighted by molar-refractivity contribution is 5.87. The largest absolute Gasteiger partial charge is 0.459 e. The first-order valence-corrected chi connectivity index (χ1v) is 17.6. The molecule has 3 heterocycles. The smallest absolute Gasteiger partial charge is 0.303 e. The van der Waals surface area contributed by atoms with Crippen molar-refractivity contribution in [3.05, 3.63) is 36.0 Å². The number of nitrogens with zero attached hydrogens (tertiary/aromatic N) is 1. The molecular weight excluding hydrogens is 600 g/mol. The lowest BCUT2D eigenvalue weighted by Gasteiger charge is -2.39. The number of ketones is 1. The van der Waals surface area contributed by atoms with Gasteiger partial charge in [-0.05, 0) is 91.3 Å². The van der Waals surface area contributed by atoms with E-state index in [2.05, 4.69) is 37.3 Å². The molecule has 47 heavy (non-hydrogen) atoms. The molecule has 1 saturated carbocycles. The molecule has 0 aromatic carbocycles. The molecule has 4 aliphatic rings. The molecule has 1 spiro atoms. The van der Waals surface area contributed by atoms with Crippen molar-refractivity contribution < 1.29 is 38.4 Å². The van der Waals surface area contributed by atoms with Crippen LogP contribution >= 0.6 is 0 Å². The molecule has 2 N–H and O–H groups in total. The predicted octanol–water partition coefficient (Wildman–Crippen LogP) is 4.44. The third-order valence-corrected chi connectivity index (χ3v) is 10.4. The number of hydrogen-bond donors (Lipinski definition) is 2. The van der Waals surface area contributed by atoms with Gasteiger partial charge in [0.1, 0.15) is 29.7 Å². The Morgan fingerprint density at radius 3 is 2.40 bits per heavy atom. The van der Waals surface area contributed by atoms with E-state index in [1.165, 1.54) is 13.0 Å². The number of aliphatic hydroxyl groups excluding tert-OH is 1. The molecule has 0 bridgehead atoms. The molecule has 0 aromatic rings. The van der Waals surface area contributed by atoms with E-state index < -0.39 is 29.9 Å². The summed E-state index contributed by atoms with van der Waals surface area (Å²) < 4.78 is 23.4. The van der Waals surface area contributed by atoms with Crippen LogP contribution in [0, 0.1) is 11.8 Å². The minimum absolute atomic E-state index is 0.00834. The average Bonchev–Trinajstić information content (AvgIpc) is 3.77. The second kappa shape index (κ2) is 16.8. The number of amides is 1. The summed E-state index contributed by atoms with van der Waals surface area (Å²) in [6.07, 6.45) is 14.3. The zero-order valence-electron chi connectivity index (χ0n) is 29.5. The Kier molecular flexibility index (Phi) is 13.4. The van der Waals surface area contributed by atoms with Crippen LogP contribution in [0.2, 0.25) is 0 Å². The van der Waals surface area contributed by atoms with Gasteiger partial charge in [-0.15, -0.1) is 0 Å². The van der Waals surface area contributed by atoms with Gasteiger partial charge >= 0.3 is 5.97 Å². The van der Waals surface area contributed by atoms with Crippen molar-refractivity contribution in [3.63, 3.8) is 0 Å². The second-order valence-electron chi connectivity index (χ2n) is 14.7. The molecule has 1 amide bonds. The Hall–Kier alpha value is -2.37. The number of esters is 1. The molecule has 4 rings (SSSR count). The van der Waals surface area contributed by atoms with Crippen molar-refractivity contribution in [2.24, 2.45) is 11.8 Å². The maximum Gasteiger partial charge on any atom is 0.303 e. The van der Waals surface area contributed by atoms with Gasteiger partial charge in [-0.25, -0.2) is 0 Å². The summed E-state index contributed by atoms with van der Waals surface area (Å²) in [5.74, 6) is 0.299. The Morgan fingerprint density at radius 2 is 1.77 bits per heavy atom. The summed E-state index contributed by atoms with van der Waals surface area (Å²) in [6, 6.07) is 0.502. The number of aliphatic hydroxyl groups is 1. The molecule has 10 heteroatoms. The summed E-state index contributed by atoms with van der Waals surface area (Å²) in [5, 5.41) is 14.1. The Labute approximate surface area is 281 Å². The van der Waals surface area contributed by atoms with Crippen LogP contribution in [-0.4, -0.2) is 103 Å². The minimum atomic E-state index is -0.770. The molecule has 0 unspecified atom stereocenters. The van der Waals surface area contributed by atoms with Crippen molar-refractivity contribution in [2.45, 2.75) is 147 Å². The summed E-state index contributed by atoms with van der Waals surface area (Å²) in [5.41, 5.74) is 0.424. The van der Waals surface area contributed by atoms with Crippen LogP contribution in [0.5, 0.6) is 0 Å². The molecule has 10 nitrogen and oxygen atoms in total. The summed E-state index contributed by atoms with van der Waals surface area (Å²) >= 11 is 0. The average molecular weight is 659 g/mol. The number of Topliss-reactive ketones (excluding diaryl/α,β-unsaturated/α-hetero) is 1. The Morgan fingerprint density at radius 1 is 1.06 bits per heavy atom. The van der Waals surface area contributed by atoms with E-state index >= 15 is 0 Å². The lowest BCUT2D eigenvalue weighted by atomic mass is 9.81. The molecule has 3 aliphatic heterocycles. The number of hydrogen-bond acceptors (Lipinski definition) is 9. The van der Waals surface area contributed by atoms with Crippen LogP contribution in [0.3, 0.4) is 0 Å². The van der Waals surface area contributed by atoms with Gasteiger partial charge in [0.25, 0.3) is 0 Å². The molecule has 0 aromatic heterocycles. The van der Waals surface area contributed by atoms with Crippen molar-refractivity contribution >= 4 is 17.7 Å². The third-order valence-electron chi connectivity index (χ3n) is 10.4. The lowest BCUT2D eigenvalue weighted by molar-refractivity contribution is -0.145. The first-order chi connectivity index (χ1) is 22.2. The highest BCUT2D eigenvalue weighted by Crippen LogP contribution is 2.44. The van der Waals surface area contributed by atoms with Crippen molar-refractivity contribution in [3.8, 4) is 0 Å². The van der Waals surface area contributed by atoms with Crippen LogP contribution in [0.25, 0.3) is 0 Å². The van der Waals surface area contributed by atoms with Gasteiger partial charge in [-0.2, -0.15) is 0 Å². The lowest BCUT2D eigenvalue weighted by Crippen LogP contribution is -2.50. The standard InChI is InChI=1S/C37H58N2O8/c1-23(8-15-33-24(2)18-32(26(4)46-33)38-35(42)17-10-25(3)45-27(5)40)9-16-34-36(43)37(22-44-37)21-31(47-34)20-30(41)19-28-11-13-29(14-12-28)39(6)7/h8-10,16-17,24-26,28-29,31-34,36,43H,11-15,18-22H2,1-7H3,(H,38,42)/b16-9+,17-10-,23-8+/t24-,25-,26+,28?,29?,31+,32+,33-,34+,36+,37+/m0/s1. The molecule has 264 valence electrons. The summed E-state index contributed by atoms with van der Waals surface area (Å²) in [6.45, 7) is 9.66. The number of nitrogens with one attached hydrogen (secondary N) is 1. The number of carbonyl (C=O) groups excluding carboxylic acids is 3. The van der Waals surface area contributed by atoms with Crippen molar-refractivity contribution in [1.82, 2.24) is 10.2 Å². The number of ether oxygens (including phenoxy) is 4. The van der Waals surface area contributed by atoms with Gasteiger partial charge in [0.15, 0.2) is 0 Å². The van der Waals surface area contributed by atoms with Crippen LogP contribution in [-0.2, 0) is 33.3 Å². The first kappa shape index (κ1) is 37.4. The fourth-order valence-electron chi connectivity index (χ4n) is 7.41. The minimum Gasteiger partial charge on any atom is -0.459 e. The molecule has 3 saturated heterocycles.